The molecule has 0 fully saturated rings. The summed E-state index contributed by atoms with van der Waals surface area (Å²) in [5.41, 5.74) is 7.31. The average Bonchev–Trinajstić information content (AvgIpc) is 2.43. The van der Waals surface area contributed by atoms with Crippen molar-refractivity contribution in [1.29, 1.82) is 0 Å². The second-order valence-corrected chi connectivity index (χ2v) is 4.93. The Morgan fingerprint density at radius 3 is 2.63 bits per heavy atom. The van der Waals surface area contributed by atoms with E-state index in [0.717, 1.165) is 12.1 Å². The molecule has 106 valence electrons. The third-order valence-corrected chi connectivity index (χ3v) is 3.28. The lowest BCUT2D eigenvalue weighted by molar-refractivity contribution is 0.318. The minimum Gasteiger partial charge on any atom is -0.496 e. The molecule has 0 aromatic heterocycles. The SMILES string of the molecule is COc1ccc(CNC(C)C(C)C)cc1C(N)=NO. The van der Waals surface area contributed by atoms with Gasteiger partial charge in [-0.15, -0.1) is 0 Å². The van der Waals surface area contributed by atoms with Crippen LogP contribution in [-0.4, -0.2) is 24.2 Å². The first-order valence-corrected chi connectivity index (χ1v) is 6.37. The Bertz CT molecular complexity index is 444. The zero-order valence-corrected chi connectivity index (χ0v) is 12.0. The highest BCUT2D eigenvalue weighted by Gasteiger charge is 2.10. The number of nitrogens with one attached hydrogen (secondary N) is 1. The fraction of sp³-hybridized carbons (Fsp3) is 0.500. The maximum atomic E-state index is 8.78. The van der Waals surface area contributed by atoms with E-state index in [1.165, 1.54) is 0 Å². The average molecular weight is 265 g/mol. The molecule has 19 heavy (non-hydrogen) atoms. The number of ether oxygens (including phenoxy) is 1. The number of hydrogen-bond donors (Lipinski definition) is 3. The molecule has 0 saturated heterocycles. The van der Waals surface area contributed by atoms with Gasteiger partial charge in [0.1, 0.15) is 5.75 Å². The third kappa shape index (κ3) is 4.13. The zero-order valence-electron chi connectivity index (χ0n) is 12.0. The molecule has 0 aliphatic rings. The van der Waals surface area contributed by atoms with Crippen molar-refractivity contribution < 1.29 is 9.94 Å². The van der Waals surface area contributed by atoms with Gasteiger partial charge in [-0.3, -0.25) is 0 Å². The normalized spacial score (nSPS) is 13.6. The topological polar surface area (TPSA) is 79.9 Å². The predicted molar refractivity (Wildman–Crippen MR) is 76.6 cm³/mol. The van der Waals surface area contributed by atoms with Gasteiger partial charge < -0.3 is 21.0 Å². The van der Waals surface area contributed by atoms with E-state index < -0.39 is 0 Å². The van der Waals surface area contributed by atoms with Gasteiger partial charge >= 0.3 is 0 Å². The van der Waals surface area contributed by atoms with Crippen molar-refractivity contribution in [3.05, 3.63) is 29.3 Å². The van der Waals surface area contributed by atoms with Crippen LogP contribution >= 0.6 is 0 Å². The molecule has 5 nitrogen and oxygen atoms in total. The fourth-order valence-electron chi connectivity index (χ4n) is 1.63. The van der Waals surface area contributed by atoms with E-state index in [4.69, 9.17) is 15.7 Å². The number of benzene rings is 1. The molecule has 0 radical (unpaired) electrons. The van der Waals surface area contributed by atoms with E-state index in [0.29, 0.717) is 23.3 Å². The van der Waals surface area contributed by atoms with Crippen LogP contribution in [0, 0.1) is 5.92 Å². The molecule has 0 spiro atoms. The quantitative estimate of drug-likeness (QED) is 0.318. The zero-order chi connectivity index (χ0) is 14.4. The number of nitrogens with zero attached hydrogens (tertiary/aromatic N) is 1. The first-order chi connectivity index (χ1) is 8.99. The molecule has 0 aliphatic carbocycles. The van der Waals surface area contributed by atoms with Gasteiger partial charge in [-0.1, -0.05) is 25.1 Å². The molecule has 0 heterocycles. The standard InChI is InChI=1S/C14H23N3O2/c1-9(2)10(3)16-8-11-5-6-13(19-4)12(7-11)14(15)17-18/h5-7,9-10,16,18H,8H2,1-4H3,(H2,15,17). The number of methoxy groups -OCH3 is 1. The smallest absolute Gasteiger partial charge is 0.173 e. The molecule has 1 rings (SSSR count). The molecule has 5 heteroatoms. The van der Waals surface area contributed by atoms with Gasteiger partial charge in [0.15, 0.2) is 5.84 Å². The molecule has 0 amide bonds. The molecule has 1 aromatic carbocycles. The largest absolute Gasteiger partial charge is 0.496 e. The van der Waals surface area contributed by atoms with Gasteiger partial charge in [0.05, 0.1) is 12.7 Å². The molecule has 1 aromatic rings. The number of oxime groups is 1. The molecule has 0 aliphatic heterocycles. The van der Waals surface area contributed by atoms with Crippen LogP contribution in [0.2, 0.25) is 0 Å². The summed E-state index contributed by atoms with van der Waals surface area (Å²) in [6, 6.07) is 6.08. The van der Waals surface area contributed by atoms with Crippen LogP contribution in [0.3, 0.4) is 0 Å². The highest BCUT2D eigenvalue weighted by atomic mass is 16.5. The monoisotopic (exact) mass is 265 g/mol. The molecular weight excluding hydrogens is 242 g/mol. The fourth-order valence-corrected chi connectivity index (χ4v) is 1.63. The summed E-state index contributed by atoms with van der Waals surface area (Å²) in [5, 5.41) is 15.2. The Morgan fingerprint density at radius 2 is 2.11 bits per heavy atom. The summed E-state index contributed by atoms with van der Waals surface area (Å²) in [6.45, 7) is 7.23. The summed E-state index contributed by atoms with van der Waals surface area (Å²) >= 11 is 0. The molecular formula is C14H23N3O2. The van der Waals surface area contributed by atoms with Crippen molar-refractivity contribution in [3.63, 3.8) is 0 Å². The second-order valence-electron chi connectivity index (χ2n) is 4.93. The summed E-state index contributed by atoms with van der Waals surface area (Å²) < 4.78 is 5.19. The van der Waals surface area contributed by atoms with Crippen LogP contribution in [0.5, 0.6) is 5.75 Å². The van der Waals surface area contributed by atoms with Crippen molar-refractivity contribution in [1.82, 2.24) is 5.32 Å². The minimum absolute atomic E-state index is 0.0515. The lowest BCUT2D eigenvalue weighted by atomic mass is 10.1. The lowest BCUT2D eigenvalue weighted by Crippen LogP contribution is -2.30. The summed E-state index contributed by atoms with van der Waals surface area (Å²) in [7, 11) is 1.56. The van der Waals surface area contributed by atoms with Crippen molar-refractivity contribution in [2.24, 2.45) is 16.8 Å². The lowest BCUT2D eigenvalue weighted by Gasteiger charge is -2.18. The predicted octanol–water partition coefficient (Wildman–Crippen LogP) is 1.92. The number of hydrogen-bond acceptors (Lipinski definition) is 4. The molecule has 1 atom stereocenters. The van der Waals surface area contributed by atoms with E-state index in [1.54, 1.807) is 7.11 Å². The molecule has 0 bridgehead atoms. The van der Waals surface area contributed by atoms with Crippen LogP contribution in [0.1, 0.15) is 31.9 Å². The summed E-state index contributed by atoms with van der Waals surface area (Å²) in [4.78, 5) is 0. The van der Waals surface area contributed by atoms with Crippen molar-refractivity contribution in [2.45, 2.75) is 33.4 Å². The van der Waals surface area contributed by atoms with Crippen molar-refractivity contribution >= 4 is 5.84 Å². The van der Waals surface area contributed by atoms with Gasteiger partial charge in [0.25, 0.3) is 0 Å². The molecule has 4 N–H and O–H groups in total. The van der Waals surface area contributed by atoms with Crippen molar-refractivity contribution in [2.75, 3.05) is 7.11 Å². The molecule has 1 unspecified atom stereocenters. The molecule has 0 saturated carbocycles. The Balaban J connectivity index is 2.87. The highest BCUT2D eigenvalue weighted by molar-refractivity contribution is 5.99. The van der Waals surface area contributed by atoms with Gasteiger partial charge in [0.2, 0.25) is 0 Å². The first kappa shape index (κ1) is 15.3. The first-order valence-electron chi connectivity index (χ1n) is 6.37. The maximum absolute atomic E-state index is 8.78. The van der Waals surface area contributed by atoms with E-state index in [2.05, 4.69) is 31.2 Å². The van der Waals surface area contributed by atoms with E-state index >= 15 is 0 Å². The highest BCUT2D eigenvalue weighted by Crippen LogP contribution is 2.19. The van der Waals surface area contributed by atoms with Gasteiger partial charge in [-0.2, -0.15) is 0 Å². The number of rotatable bonds is 6. The minimum atomic E-state index is 0.0515. The Labute approximate surface area is 114 Å². The van der Waals surface area contributed by atoms with Crippen LogP contribution in [-0.2, 0) is 6.54 Å². The van der Waals surface area contributed by atoms with Crippen LogP contribution in [0.4, 0.5) is 0 Å². The van der Waals surface area contributed by atoms with Crippen LogP contribution < -0.4 is 15.8 Å². The van der Waals surface area contributed by atoms with E-state index in [1.807, 2.05) is 18.2 Å². The van der Waals surface area contributed by atoms with Crippen molar-refractivity contribution in [3.8, 4) is 5.75 Å². The summed E-state index contributed by atoms with van der Waals surface area (Å²) in [6.07, 6.45) is 0. The van der Waals surface area contributed by atoms with Gasteiger partial charge in [-0.05, 0) is 30.5 Å². The second kappa shape index (κ2) is 6.99. The van der Waals surface area contributed by atoms with Gasteiger partial charge in [0, 0.05) is 12.6 Å². The Hall–Kier alpha value is -1.75. The van der Waals surface area contributed by atoms with E-state index in [-0.39, 0.29) is 5.84 Å². The number of amidine groups is 1. The Kier molecular flexibility index (Phi) is 5.63. The summed E-state index contributed by atoms with van der Waals surface area (Å²) in [5.74, 6) is 1.22. The van der Waals surface area contributed by atoms with E-state index in [9.17, 15) is 0 Å². The Morgan fingerprint density at radius 1 is 1.42 bits per heavy atom. The number of nitrogens with two attached hydrogens (primary N) is 1. The maximum Gasteiger partial charge on any atom is 0.173 e. The third-order valence-electron chi connectivity index (χ3n) is 3.28. The van der Waals surface area contributed by atoms with Gasteiger partial charge in [-0.25, -0.2) is 0 Å². The van der Waals surface area contributed by atoms with Crippen LogP contribution in [0.15, 0.2) is 23.4 Å². The van der Waals surface area contributed by atoms with Crippen LogP contribution in [0.25, 0.3) is 0 Å².